The molecule has 0 spiro atoms. The van der Waals surface area contributed by atoms with Gasteiger partial charge in [-0.25, -0.2) is 0 Å². The van der Waals surface area contributed by atoms with E-state index in [1.54, 1.807) is 18.2 Å². The fraction of sp³-hybridized carbons (Fsp3) is 0.222. The third-order valence-corrected chi connectivity index (χ3v) is 1.97. The number of rotatable bonds is 4. The molecule has 5 heteroatoms. The van der Waals surface area contributed by atoms with Gasteiger partial charge in [-0.15, -0.1) is 0 Å². The van der Waals surface area contributed by atoms with Crippen molar-refractivity contribution in [2.24, 2.45) is 0 Å². The molecule has 0 fully saturated rings. The standard InChI is InChI=1S/C9H10ClNO3/c10-7-3-1-2-6(9(7)14)4-11-5-8(12)13/h1-3,11,14H,4-5H2,(H,12,13). The molecule has 0 saturated heterocycles. The molecule has 0 amide bonds. The number of carbonyl (C=O) groups is 1. The molecule has 0 radical (unpaired) electrons. The topological polar surface area (TPSA) is 69.6 Å². The summed E-state index contributed by atoms with van der Waals surface area (Å²) in [6.07, 6.45) is 0. The Morgan fingerprint density at radius 1 is 1.50 bits per heavy atom. The first-order chi connectivity index (χ1) is 6.61. The van der Waals surface area contributed by atoms with Crippen LogP contribution in [0.2, 0.25) is 5.02 Å². The SMILES string of the molecule is O=C(O)CNCc1cccc(Cl)c1O. The number of halogens is 1. The molecule has 76 valence electrons. The molecular weight excluding hydrogens is 206 g/mol. The molecule has 0 saturated carbocycles. The van der Waals surface area contributed by atoms with Crippen molar-refractivity contribution in [2.75, 3.05) is 6.54 Å². The predicted octanol–water partition coefficient (Wildman–Crippen LogP) is 1.22. The van der Waals surface area contributed by atoms with Gasteiger partial charge < -0.3 is 15.5 Å². The maximum absolute atomic E-state index is 10.2. The summed E-state index contributed by atoms with van der Waals surface area (Å²) in [5.74, 6) is -0.946. The fourth-order valence-corrected chi connectivity index (χ4v) is 1.20. The lowest BCUT2D eigenvalue weighted by molar-refractivity contribution is -0.136. The molecule has 1 aromatic rings. The Morgan fingerprint density at radius 3 is 2.86 bits per heavy atom. The molecule has 0 atom stereocenters. The average Bonchev–Trinajstić information content (AvgIpc) is 2.12. The van der Waals surface area contributed by atoms with E-state index >= 15 is 0 Å². The van der Waals surface area contributed by atoms with Crippen LogP contribution in [0.5, 0.6) is 5.75 Å². The summed E-state index contributed by atoms with van der Waals surface area (Å²) in [5, 5.41) is 20.7. The highest BCUT2D eigenvalue weighted by Gasteiger charge is 2.04. The van der Waals surface area contributed by atoms with E-state index in [9.17, 15) is 9.90 Å². The Kier molecular flexibility index (Phi) is 3.73. The Morgan fingerprint density at radius 2 is 2.21 bits per heavy atom. The molecule has 0 unspecified atom stereocenters. The van der Waals surface area contributed by atoms with Crippen molar-refractivity contribution in [1.29, 1.82) is 0 Å². The van der Waals surface area contributed by atoms with Gasteiger partial charge in [-0.05, 0) is 6.07 Å². The fourth-order valence-electron chi connectivity index (χ4n) is 1.01. The second kappa shape index (κ2) is 4.83. The second-order valence-electron chi connectivity index (χ2n) is 2.74. The van der Waals surface area contributed by atoms with Crippen LogP contribution in [0.3, 0.4) is 0 Å². The maximum atomic E-state index is 10.2. The number of hydrogen-bond donors (Lipinski definition) is 3. The van der Waals surface area contributed by atoms with Crippen LogP contribution in [0.25, 0.3) is 0 Å². The van der Waals surface area contributed by atoms with Gasteiger partial charge in [0.2, 0.25) is 0 Å². The third-order valence-electron chi connectivity index (χ3n) is 1.66. The molecule has 0 aliphatic heterocycles. The first-order valence-corrected chi connectivity index (χ1v) is 4.38. The average molecular weight is 216 g/mol. The summed E-state index contributed by atoms with van der Waals surface area (Å²) in [6.45, 7) is 0.130. The quantitative estimate of drug-likeness (QED) is 0.707. The van der Waals surface area contributed by atoms with Gasteiger partial charge in [0.05, 0.1) is 11.6 Å². The zero-order valence-corrected chi connectivity index (χ0v) is 8.08. The number of nitrogens with one attached hydrogen (secondary N) is 1. The Balaban J connectivity index is 2.59. The van der Waals surface area contributed by atoms with E-state index in [4.69, 9.17) is 16.7 Å². The van der Waals surface area contributed by atoms with Crippen LogP contribution in [-0.4, -0.2) is 22.7 Å². The van der Waals surface area contributed by atoms with Crippen LogP contribution < -0.4 is 5.32 Å². The monoisotopic (exact) mass is 215 g/mol. The molecule has 3 N–H and O–H groups in total. The molecule has 4 nitrogen and oxygen atoms in total. The van der Waals surface area contributed by atoms with Crippen molar-refractivity contribution in [2.45, 2.75) is 6.54 Å². The molecule has 0 heterocycles. The first-order valence-electron chi connectivity index (χ1n) is 4.00. The molecule has 0 aliphatic rings. The summed E-state index contributed by atoms with van der Waals surface area (Å²) in [6, 6.07) is 4.94. The highest BCUT2D eigenvalue weighted by Crippen LogP contribution is 2.26. The Hall–Kier alpha value is -1.26. The van der Waals surface area contributed by atoms with Crippen molar-refractivity contribution in [3.05, 3.63) is 28.8 Å². The highest BCUT2D eigenvalue weighted by atomic mass is 35.5. The van der Waals surface area contributed by atoms with Crippen molar-refractivity contribution >= 4 is 17.6 Å². The summed E-state index contributed by atoms with van der Waals surface area (Å²) >= 11 is 5.66. The van der Waals surface area contributed by atoms with Gasteiger partial charge in [0, 0.05) is 12.1 Å². The molecule has 0 aromatic heterocycles. The summed E-state index contributed by atoms with van der Waals surface area (Å²) in [7, 11) is 0. The molecule has 0 bridgehead atoms. The normalized spacial score (nSPS) is 10.1. The number of phenolic OH excluding ortho intramolecular Hbond substituents is 1. The van der Waals surface area contributed by atoms with Gasteiger partial charge in [-0.1, -0.05) is 23.7 Å². The number of carboxylic acids is 1. The lowest BCUT2D eigenvalue weighted by Gasteiger charge is -2.05. The van der Waals surface area contributed by atoms with E-state index < -0.39 is 5.97 Å². The number of hydrogen-bond acceptors (Lipinski definition) is 3. The lowest BCUT2D eigenvalue weighted by Crippen LogP contribution is -2.21. The van der Waals surface area contributed by atoms with Gasteiger partial charge in [0.1, 0.15) is 5.75 Å². The van der Waals surface area contributed by atoms with E-state index in [-0.39, 0.29) is 23.9 Å². The molecular formula is C9H10ClNO3. The molecule has 1 aromatic carbocycles. The van der Waals surface area contributed by atoms with Crippen molar-refractivity contribution in [3.8, 4) is 5.75 Å². The largest absolute Gasteiger partial charge is 0.506 e. The van der Waals surface area contributed by atoms with Crippen LogP contribution in [0, 0.1) is 0 Å². The third kappa shape index (κ3) is 2.90. The number of aromatic hydroxyl groups is 1. The summed E-state index contributed by atoms with van der Waals surface area (Å²) in [5.41, 5.74) is 0.582. The van der Waals surface area contributed by atoms with Crippen molar-refractivity contribution < 1.29 is 15.0 Å². The van der Waals surface area contributed by atoms with Crippen LogP contribution >= 0.6 is 11.6 Å². The first kappa shape index (κ1) is 10.8. The van der Waals surface area contributed by atoms with Gasteiger partial charge >= 0.3 is 5.97 Å². The molecule has 1 rings (SSSR count). The van der Waals surface area contributed by atoms with Crippen molar-refractivity contribution in [1.82, 2.24) is 5.32 Å². The smallest absolute Gasteiger partial charge is 0.317 e. The van der Waals surface area contributed by atoms with Crippen LogP contribution in [0.1, 0.15) is 5.56 Å². The van der Waals surface area contributed by atoms with Crippen LogP contribution in [-0.2, 0) is 11.3 Å². The van der Waals surface area contributed by atoms with Gasteiger partial charge in [-0.2, -0.15) is 0 Å². The zero-order chi connectivity index (χ0) is 10.6. The number of aliphatic carboxylic acids is 1. The minimum atomic E-state index is -0.938. The Labute approximate surface area is 86.1 Å². The minimum Gasteiger partial charge on any atom is -0.506 e. The highest BCUT2D eigenvalue weighted by molar-refractivity contribution is 6.32. The van der Waals surface area contributed by atoms with E-state index in [1.165, 1.54) is 0 Å². The number of para-hydroxylation sites is 1. The molecule has 0 aliphatic carbocycles. The second-order valence-corrected chi connectivity index (χ2v) is 3.15. The number of carboxylic acid groups (broad SMARTS) is 1. The zero-order valence-electron chi connectivity index (χ0n) is 7.33. The summed E-state index contributed by atoms with van der Waals surface area (Å²) < 4.78 is 0. The van der Waals surface area contributed by atoms with Crippen LogP contribution in [0.4, 0.5) is 0 Å². The van der Waals surface area contributed by atoms with Gasteiger partial charge in [0.15, 0.2) is 0 Å². The van der Waals surface area contributed by atoms with Crippen molar-refractivity contribution in [3.63, 3.8) is 0 Å². The van der Waals surface area contributed by atoms with E-state index in [2.05, 4.69) is 5.32 Å². The van der Waals surface area contributed by atoms with E-state index in [1.807, 2.05) is 0 Å². The minimum absolute atomic E-state index is 0.00736. The van der Waals surface area contributed by atoms with E-state index in [0.29, 0.717) is 5.56 Å². The number of phenols is 1. The maximum Gasteiger partial charge on any atom is 0.317 e. The van der Waals surface area contributed by atoms with Gasteiger partial charge in [0.25, 0.3) is 0 Å². The van der Waals surface area contributed by atoms with E-state index in [0.717, 1.165) is 0 Å². The van der Waals surface area contributed by atoms with Gasteiger partial charge in [-0.3, -0.25) is 4.79 Å². The number of benzene rings is 1. The van der Waals surface area contributed by atoms with Crippen LogP contribution in [0.15, 0.2) is 18.2 Å². The summed E-state index contributed by atoms with van der Waals surface area (Å²) in [4.78, 5) is 10.2. The lowest BCUT2D eigenvalue weighted by atomic mass is 10.2. The predicted molar refractivity (Wildman–Crippen MR) is 52.5 cm³/mol. The molecule has 14 heavy (non-hydrogen) atoms. The Bertz CT molecular complexity index is 341.